The number of morpholine rings is 1. The number of hydrogen-bond donors (Lipinski definition) is 2. The fourth-order valence-corrected chi connectivity index (χ4v) is 4.39. The highest BCUT2D eigenvalue weighted by molar-refractivity contribution is 14.0. The predicted molar refractivity (Wildman–Crippen MR) is 136 cm³/mol. The number of nitrogens with zero attached hydrogens (tertiary/aromatic N) is 3. The average Bonchev–Trinajstić information content (AvgIpc) is 2.79. The number of amides is 1. The first-order valence-corrected chi connectivity index (χ1v) is 11.2. The predicted octanol–water partition coefficient (Wildman–Crippen LogP) is 2.75. The highest BCUT2D eigenvalue weighted by Gasteiger charge is 2.26. The summed E-state index contributed by atoms with van der Waals surface area (Å²) < 4.78 is 5.55. The van der Waals surface area contributed by atoms with Crippen molar-refractivity contribution < 1.29 is 9.53 Å². The normalized spacial score (nSPS) is 19.5. The Kier molecular flexibility index (Phi) is 11.3. The molecule has 3 rings (SSSR count). The van der Waals surface area contributed by atoms with Crippen molar-refractivity contribution in [3.63, 3.8) is 0 Å². The lowest BCUT2D eigenvalue weighted by molar-refractivity contribution is -0.121. The quantitative estimate of drug-likeness (QED) is 0.317. The van der Waals surface area contributed by atoms with Gasteiger partial charge >= 0.3 is 0 Å². The molecule has 2 saturated heterocycles. The monoisotopic (exact) mass is 563 g/mol. The topological polar surface area (TPSA) is 69.2 Å². The van der Waals surface area contributed by atoms with E-state index in [4.69, 9.17) is 16.3 Å². The Bertz CT molecular complexity index is 704. The van der Waals surface area contributed by atoms with Crippen LogP contribution in [-0.2, 0) is 9.53 Å². The minimum Gasteiger partial charge on any atom is -0.379 e. The lowest BCUT2D eigenvalue weighted by Gasteiger charge is -2.37. The summed E-state index contributed by atoms with van der Waals surface area (Å²) in [7, 11) is 3.54. The third-order valence-electron chi connectivity index (χ3n) is 6.07. The molecule has 2 N–H and O–H groups in total. The van der Waals surface area contributed by atoms with E-state index in [1.54, 1.807) is 7.05 Å². The van der Waals surface area contributed by atoms with Crippen molar-refractivity contribution in [3.8, 4) is 0 Å². The zero-order valence-corrected chi connectivity index (χ0v) is 21.6. The first-order valence-electron chi connectivity index (χ1n) is 10.8. The zero-order valence-electron chi connectivity index (χ0n) is 18.5. The molecular formula is C22H35ClIN5O2. The number of carbonyl (C=O) groups is 1. The van der Waals surface area contributed by atoms with Crippen molar-refractivity contribution >= 4 is 47.4 Å². The Morgan fingerprint density at radius 2 is 1.84 bits per heavy atom. The van der Waals surface area contributed by atoms with Crippen LogP contribution in [0.5, 0.6) is 0 Å². The van der Waals surface area contributed by atoms with E-state index in [0.29, 0.717) is 12.3 Å². The Balaban J connectivity index is 0.00000341. The van der Waals surface area contributed by atoms with Gasteiger partial charge in [0.2, 0.25) is 5.91 Å². The van der Waals surface area contributed by atoms with E-state index >= 15 is 0 Å². The van der Waals surface area contributed by atoms with E-state index in [1.807, 2.05) is 19.2 Å². The van der Waals surface area contributed by atoms with Crippen molar-refractivity contribution in [3.05, 3.63) is 34.9 Å². The van der Waals surface area contributed by atoms with Crippen molar-refractivity contribution in [2.24, 2.45) is 10.9 Å². The first kappa shape index (κ1) is 26.2. The molecule has 2 aliphatic rings. The van der Waals surface area contributed by atoms with Crippen LogP contribution in [0.1, 0.15) is 30.9 Å². The largest absolute Gasteiger partial charge is 0.379 e. The molecule has 0 aromatic heterocycles. The van der Waals surface area contributed by atoms with Crippen molar-refractivity contribution in [2.45, 2.75) is 25.3 Å². The minimum absolute atomic E-state index is 0. The van der Waals surface area contributed by atoms with E-state index in [-0.39, 0.29) is 35.9 Å². The fraction of sp³-hybridized carbons (Fsp3) is 0.636. The number of ether oxygens (including phenoxy) is 1. The van der Waals surface area contributed by atoms with Gasteiger partial charge in [-0.3, -0.25) is 14.7 Å². The molecule has 2 fully saturated rings. The molecule has 7 nitrogen and oxygen atoms in total. The van der Waals surface area contributed by atoms with Gasteiger partial charge < -0.3 is 20.3 Å². The average molecular weight is 564 g/mol. The van der Waals surface area contributed by atoms with Crippen LogP contribution in [0.4, 0.5) is 0 Å². The molecule has 1 amide bonds. The maximum atomic E-state index is 11.7. The van der Waals surface area contributed by atoms with Crippen LogP contribution in [0.15, 0.2) is 29.3 Å². The molecule has 2 aliphatic heterocycles. The molecule has 1 unspecified atom stereocenters. The van der Waals surface area contributed by atoms with Crippen LogP contribution in [-0.4, -0.2) is 81.7 Å². The highest BCUT2D eigenvalue weighted by atomic mass is 127. The van der Waals surface area contributed by atoms with Crippen molar-refractivity contribution in [2.75, 3.05) is 60.0 Å². The standard InChI is InChI=1S/C22H34ClN5O2.HI/c1-24-21(29)15-17-7-9-28(10-8-17)22(25-2)26-16-20(27-11-13-30-14-12-27)18-3-5-19(23)6-4-18;/h3-6,17,20H,7-16H2,1-2H3,(H,24,29)(H,25,26);1H. The molecule has 1 aromatic carbocycles. The first-order chi connectivity index (χ1) is 14.6. The summed E-state index contributed by atoms with van der Waals surface area (Å²) in [6, 6.07) is 8.36. The number of nitrogens with one attached hydrogen (secondary N) is 2. The summed E-state index contributed by atoms with van der Waals surface area (Å²) in [5, 5.41) is 7.08. The van der Waals surface area contributed by atoms with Gasteiger partial charge in [0, 0.05) is 58.3 Å². The number of carbonyl (C=O) groups excluding carboxylic acids is 1. The van der Waals surface area contributed by atoms with Gasteiger partial charge in [0.25, 0.3) is 0 Å². The number of halogens is 2. The Morgan fingerprint density at radius 3 is 2.42 bits per heavy atom. The van der Waals surface area contributed by atoms with Crippen molar-refractivity contribution in [1.29, 1.82) is 0 Å². The second-order valence-corrected chi connectivity index (χ2v) is 8.39. The number of piperidine rings is 1. The SMILES string of the molecule is CN=C(NCC(c1ccc(Cl)cc1)N1CCOCC1)N1CCC(CC(=O)NC)CC1.I. The Hall–Kier alpha value is -1.10. The second kappa shape index (κ2) is 13.4. The van der Waals surface area contributed by atoms with Gasteiger partial charge in [-0.1, -0.05) is 23.7 Å². The van der Waals surface area contributed by atoms with Crippen molar-refractivity contribution in [1.82, 2.24) is 20.4 Å². The molecule has 2 heterocycles. The van der Waals surface area contributed by atoms with Gasteiger partial charge in [-0.05, 0) is 36.5 Å². The molecule has 1 aromatic rings. The van der Waals surface area contributed by atoms with Crippen LogP contribution in [0.2, 0.25) is 5.02 Å². The maximum Gasteiger partial charge on any atom is 0.220 e. The number of likely N-dealkylation sites (tertiary alicyclic amines) is 1. The molecule has 0 radical (unpaired) electrons. The summed E-state index contributed by atoms with van der Waals surface area (Å²) in [6.45, 7) is 5.97. The lowest BCUT2D eigenvalue weighted by Crippen LogP contribution is -2.49. The van der Waals surface area contributed by atoms with E-state index in [9.17, 15) is 4.79 Å². The number of hydrogen-bond acceptors (Lipinski definition) is 4. The van der Waals surface area contributed by atoms with E-state index < -0.39 is 0 Å². The van der Waals surface area contributed by atoms with Crippen LogP contribution in [0.3, 0.4) is 0 Å². The smallest absolute Gasteiger partial charge is 0.220 e. The molecule has 31 heavy (non-hydrogen) atoms. The Labute approximate surface area is 207 Å². The number of aliphatic imine (C=N–C) groups is 1. The number of guanidine groups is 1. The highest BCUT2D eigenvalue weighted by Crippen LogP contribution is 2.24. The minimum atomic E-state index is 0. The molecule has 0 saturated carbocycles. The summed E-state index contributed by atoms with van der Waals surface area (Å²) >= 11 is 6.11. The summed E-state index contributed by atoms with van der Waals surface area (Å²) in [6.07, 6.45) is 2.64. The summed E-state index contributed by atoms with van der Waals surface area (Å²) in [4.78, 5) is 20.9. The van der Waals surface area contributed by atoms with Gasteiger partial charge in [-0.2, -0.15) is 0 Å². The number of benzene rings is 1. The summed E-state index contributed by atoms with van der Waals surface area (Å²) in [5.41, 5.74) is 1.24. The third-order valence-corrected chi connectivity index (χ3v) is 6.33. The van der Waals surface area contributed by atoms with Crippen LogP contribution in [0, 0.1) is 5.92 Å². The number of rotatable bonds is 6. The molecule has 0 spiro atoms. The molecule has 174 valence electrons. The van der Waals surface area contributed by atoms with Gasteiger partial charge in [0.1, 0.15) is 0 Å². The zero-order chi connectivity index (χ0) is 21.3. The maximum absolute atomic E-state index is 11.7. The van der Waals surface area contributed by atoms with Gasteiger partial charge in [0.15, 0.2) is 5.96 Å². The fourth-order valence-electron chi connectivity index (χ4n) is 4.27. The van der Waals surface area contributed by atoms with E-state index in [1.165, 1.54) is 5.56 Å². The molecule has 0 bridgehead atoms. The van der Waals surface area contributed by atoms with Crippen LogP contribution < -0.4 is 10.6 Å². The lowest BCUT2D eigenvalue weighted by atomic mass is 9.93. The van der Waals surface area contributed by atoms with Gasteiger partial charge in [0.05, 0.1) is 19.3 Å². The molecule has 0 aliphatic carbocycles. The summed E-state index contributed by atoms with van der Waals surface area (Å²) in [5.74, 6) is 1.52. The second-order valence-electron chi connectivity index (χ2n) is 7.95. The molecular weight excluding hydrogens is 529 g/mol. The third kappa shape index (κ3) is 7.76. The molecule has 1 atom stereocenters. The van der Waals surface area contributed by atoms with Gasteiger partial charge in [-0.25, -0.2) is 0 Å². The van der Waals surface area contributed by atoms with E-state index in [2.05, 4.69) is 37.6 Å². The Morgan fingerprint density at radius 1 is 1.19 bits per heavy atom. The van der Waals surface area contributed by atoms with E-state index in [0.717, 1.165) is 69.8 Å². The van der Waals surface area contributed by atoms with Gasteiger partial charge in [-0.15, -0.1) is 24.0 Å². The van der Waals surface area contributed by atoms with Crippen LogP contribution >= 0.6 is 35.6 Å². The molecule has 9 heteroatoms. The van der Waals surface area contributed by atoms with Crippen LogP contribution in [0.25, 0.3) is 0 Å².